The molecule has 0 aliphatic rings. The molecular weight excluding hydrogens is 232 g/mol. The maximum atomic E-state index is 12.0. The Kier molecular flexibility index (Phi) is 4.27. The minimum absolute atomic E-state index is 0.345. The summed E-state index contributed by atoms with van der Waals surface area (Å²) in [6, 6.07) is 3.46. The lowest BCUT2D eigenvalue weighted by Gasteiger charge is -2.18. The Bertz CT molecular complexity index is 412. The van der Waals surface area contributed by atoms with Gasteiger partial charge in [0.2, 0.25) is 0 Å². The molecule has 0 bridgehead atoms. The second-order valence-electron chi connectivity index (χ2n) is 3.15. The lowest BCUT2D eigenvalue weighted by atomic mass is 10.5. The zero-order valence-corrected chi connectivity index (χ0v) is 10.6. The van der Waals surface area contributed by atoms with Crippen LogP contribution in [0.25, 0.3) is 0 Å². The second kappa shape index (κ2) is 5.07. The van der Waals surface area contributed by atoms with E-state index in [1.165, 1.54) is 15.6 Å². The highest BCUT2D eigenvalue weighted by Crippen LogP contribution is 2.23. The molecule has 1 heterocycles. The van der Waals surface area contributed by atoms with E-state index in [2.05, 4.69) is 0 Å². The van der Waals surface area contributed by atoms with Crippen molar-refractivity contribution in [3.63, 3.8) is 0 Å². The number of thiophene rings is 1. The molecule has 0 amide bonds. The van der Waals surface area contributed by atoms with E-state index in [4.69, 9.17) is 5.73 Å². The molecule has 15 heavy (non-hydrogen) atoms. The molecule has 6 heteroatoms. The Morgan fingerprint density at radius 2 is 2.13 bits per heavy atom. The van der Waals surface area contributed by atoms with E-state index >= 15 is 0 Å². The fourth-order valence-electron chi connectivity index (χ4n) is 1.27. The number of hydrogen-bond donors (Lipinski definition) is 1. The lowest BCUT2D eigenvalue weighted by molar-refractivity contribution is 0.437. The number of nitrogens with two attached hydrogens (primary N) is 1. The molecule has 1 aromatic rings. The molecule has 0 aliphatic heterocycles. The number of rotatable bonds is 5. The second-order valence-corrected chi connectivity index (χ2v) is 6.60. The molecule has 0 unspecified atom stereocenters. The first kappa shape index (κ1) is 12.6. The molecule has 0 radical (unpaired) electrons. The third kappa shape index (κ3) is 2.78. The smallest absolute Gasteiger partial charge is 0.252 e. The van der Waals surface area contributed by atoms with Gasteiger partial charge in [-0.3, -0.25) is 0 Å². The Morgan fingerprint density at radius 3 is 2.53 bits per heavy atom. The van der Waals surface area contributed by atoms with Crippen molar-refractivity contribution in [3.05, 3.63) is 17.0 Å². The van der Waals surface area contributed by atoms with Crippen molar-refractivity contribution in [1.82, 2.24) is 4.31 Å². The number of likely N-dealkylation sites (N-methyl/N-ethyl adjacent to an activating group) is 1. The summed E-state index contributed by atoms with van der Waals surface area (Å²) in [6.45, 7) is 4.88. The molecule has 0 spiro atoms. The van der Waals surface area contributed by atoms with E-state index in [-0.39, 0.29) is 0 Å². The summed E-state index contributed by atoms with van der Waals surface area (Å²) in [5.74, 6) is 0. The molecule has 86 valence electrons. The van der Waals surface area contributed by atoms with Gasteiger partial charge in [0.05, 0.1) is 0 Å². The maximum Gasteiger partial charge on any atom is 0.252 e. The minimum Gasteiger partial charge on any atom is -0.329 e. The van der Waals surface area contributed by atoms with Gasteiger partial charge in [-0.2, -0.15) is 4.31 Å². The van der Waals surface area contributed by atoms with Crippen LogP contribution >= 0.6 is 11.3 Å². The monoisotopic (exact) mass is 248 g/mol. The van der Waals surface area contributed by atoms with Crippen molar-refractivity contribution in [2.45, 2.75) is 18.1 Å². The van der Waals surface area contributed by atoms with Crippen molar-refractivity contribution in [3.8, 4) is 0 Å². The van der Waals surface area contributed by atoms with Gasteiger partial charge in [0, 0.05) is 24.5 Å². The van der Waals surface area contributed by atoms with Gasteiger partial charge in [-0.25, -0.2) is 8.42 Å². The molecular formula is C9H16N2O2S2. The van der Waals surface area contributed by atoms with Gasteiger partial charge in [-0.1, -0.05) is 6.92 Å². The number of hydrogen-bond acceptors (Lipinski definition) is 4. The summed E-state index contributed by atoms with van der Waals surface area (Å²) < 4.78 is 25.9. The normalized spacial score (nSPS) is 12.3. The van der Waals surface area contributed by atoms with E-state index in [1.807, 2.05) is 19.9 Å². The van der Waals surface area contributed by atoms with E-state index in [1.54, 1.807) is 6.07 Å². The third-order valence-electron chi connectivity index (χ3n) is 2.04. The van der Waals surface area contributed by atoms with Crippen molar-refractivity contribution in [2.24, 2.45) is 5.73 Å². The van der Waals surface area contributed by atoms with Crippen LogP contribution in [0.3, 0.4) is 0 Å². The molecule has 4 nitrogen and oxygen atoms in total. The zero-order chi connectivity index (χ0) is 11.5. The summed E-state index contributed by atoms with van der Waals surface area (Å²) in [7, 11) is -3.32. The first-order chi connectivity index (χ1) is 7.02. The average Bonchev–Trinajstić information content (AvgIpc) is 2.61. The van der Waals surface area contributed by atoms with E-state index < -0.39 is 10.0 Å². The van der Waals surface area contributed by atoms with E-state index in [0.717, 1.165) is 4.88 Å². The highest BCUT2D eigenvalue weighted by Gasteiger charge is 2.23. The minimum atomic E-state index is -3.32. The number of nitrogens with zero attached hydrogens (tertiary/aromatic N) is 1. The van der Waals surface area contributed by atoms with Gasteiger partial charge in [0.25, 0.3) is 10.0 Å². The summed E-state index contributed by atoms with van der Waals surface area (Å²) in [5, 5.41) is 0. The molecule has 2 N–H and O–H groups in total. The molecule has 0 fully saturated rings. The molecule has 0 saturated carbocycles. The van der Waals surface area contributed by atoms with Crippen LogP contribution in [0.1, 0.15) is 11.8 Å². The van der Waals surface area contributed by atoms with Crippen LogP contribution < -0.4 is 5.73 Å². The third-order valence-corrected chi connectivity index (χ3v) is 5.48. The van der Waals surface area contributed by atoms with Gasteiger partial charge in [0.1, 0.15) is 4.21 Å². The Hall–Kier alpha value is -0.430. The quantitative estimate of drug-likeness (QED) is 0.846. The van der Waals surface area contributed by atoms with Gasteiger partial charge in [0.15, 0.2) is 0 Å². The first-order valence-electron chi connectivity index (χ1n) is 4.79. The van der Waals surface area contributed by atoms with Crippen LogP contribution in [0.2, 0.25) is 0 Å². The lowest BCUT2D eigenvalue weighted by Crippen LogP contribution is -2.34. The SMILES string of the molecule is CCN(CCN)S(=O)(=O)c1ccc(C)s1. The van der Waals surface area contributed by atoms with Gasteiger partial charge >= 0.3 is 0 Å². The predicted molar refractivity (Wildman–Crippen MR) is 62.5 cm³/mol. The summed E-state index contributed by atoms with van der Waals surface area (Å²) in [6.07, 6.45) is 0. The first-order valence-corrected chi connectivity index (χ1v) is 7.04. The fraction of sp³-hybridized carbons (Fsp3) is 0.556. The zero-order valence-electron chi connectivity index (χ0n) is 8.93. The van der Waals surface area contributed by atoms with E-state index in [0.29, 0.717) is 23.8 Å². The van der Waals surface area contributed by atoms with Crippen LogP contribution in [-0.2, 0) is 10.0 Å². The summed E-state index contributed by atoms with van der Waals surface area (Å²) in [5.41, 5.74) is 5.38. The van der Waals surface area contributed by atoms with Crippen LogP contribution in [0.5, 0.6) is 0 Å². The topological polar surface area (TPSA) is 63.4 Å². The van der Waals surface area contributed by atoms with Crippen molar-refractivity contribution in [2.75, 3.05) is 19.6 Å². The van der Waals surface area contributed by atoms with Crippen LogP contribution in [0.4, 0.5) is 0 Å². The highest BCUT2D eigenvalue weighted by molar-refractivity contribution is 7.91. The van der Waals surface area contributed by atoms with E-state index in [9.17, 15) is 8.42 Å². The molecule has 0 aliphatic carbocycles. The average molecular weight is 248 g/mol. The number of aryl methyl sites for hydroxylation is 1. The van der Waals surface area contributed by atoms with Crippen molar-refractivity contribution in [1.29, 1.82) is 0 Å². The van der Waals surface area contributed by atoms with Crippen molar-refractivity contribution < 1.29 is 8.42 Å². The Labute approximate surface area is 94.8 Å². The standard InChI is InChI=1S/C9H16N2O2S2/c1-3-11(7-6-10)15(12,13)9-5-4-8(2)14-9/h4-5H,3,6-7,10H2,1-2H3. The van der Waals surface area contributed by atoms with Crippen LogP contribution in [-0.4, -0.2) is 32.4 Å². The molecule has 0 atom stereocenters. The molecule has 0 saturated heterocycles. The predicted octanol–water partition coefficient (Wildman–Crippen LogP) is 1.03. The highest BCUT2D eigenvalue weighted by atomic mass is 32.2. The van der Waals surface area contributed by atoms with Gasteiger partial charge in [-0.15, -0.1) is 11.3 Å². The Morgan fingerprint density at radius 1 is 1.47 bits per heavy atom. The van der Waals surface area contributed by atoms with Gasteiger partial charge < -0.3 is 5.73 Å². The van der Waals surface area contributed by atoms with Crippen LogP contribution in [0.15, 0.2) is 16.3 Å². The summed E-state index contributed by atoms with van der Waals surface area (Å²) in [4.78, 5) is 0.998. The van der Waals surface area contributed by atoms with Gasteiger partial charge in [-0.05, 0) is 19.1 Å². The largest absolute Gasteiger partial charge is 0.329 e. The molecule has 1 aromatic heterocycles. The Balaban J connectivity index is 3.00. The molecule has 0 aromatic carbocycles. The number of sulfonamides is 1. The fourth-order valence-corrected chi connectivity index (χ4v) is 4.17. The van der Waals surface area contributed by atoms with Crippen molar-refractivity contribution >= 4 is 21.4 Å². The van der Waals surface area contributed by atoms with Crippen LogP contribution in [0, 0.1) is 6.92 Å². The summed E-state index contributed by atoms with van der Waals surface area (Å²) >= 11 is 1.29. The maximum absolute atomic E-state index is 12.0. The molecule has 1 rings (SSSR count).